The molecule has 0 amide bonds. The van der Waals surface area contributed by atoms with Gasteiger partial charge in [-0.05, 0) is 0 Å². The van der Waals surface area contributed by atoms with Gasteiger partial charge in [0, 0.05) is 19.8 Å². The highest BCUT2D eigenvalue weighted by Gasteiger charge is 2.33. The predicted octanol–water partition coefficient (Wildman–Crippen LogP) is 1.58. The molecule has 13 heavy (non-hydrogen) atoms. The van der Waals surface area contributed by atoms with Crippen molar-refractivity contribution in [2.45, 2.75) is 5.97 Å². The van der Waals surface area contributed by atoms with E-state index in [1.54, 1.807) is 24.3 Å². The minimum Gasteiger partial charge on any atom is -0.325 e. The van der Waals surface area contributed by atoms with E-state index in [9.17, 15) is 0 Å². The van der Waals surface area contributed by atoms with Gasteiger partial charge in [0.2, 0.25) is 0 Å². The fourth-order valence-corrected chi connectivity index (χ4v) is 1.09. The summed E-state index contributed by atoms with van der Waals surface area (Å²) in [7, 11) is 2.76. The zero-order valence-electron chi connectivity index (χ0n) is 7.56. The number of rotatable bonds is 4. The Kier molecular flexibility index (Phi) is 3.39. The molecule has 0 heterocycles. The number of methoxy groups -OCH3 is 2. The molecule has 0 aliphatic carbocycles. The molecule has 0 radical (unpaired) electrons. The Morgan fingerprint density at radius 3 is 2.00 bits per heavy atom. The Bertz CT molecular complexity index is 235. The third kappa shape index (κ3) is 1.87. The third-order valence-corrected chi connectivity index (χ3v) is 1.78. The average Bonchev–Trinajstić information content (AvgIpc) is 2.23. The summed E-state index contributed by atoms with van der Waals surface area (Å²) in [4.78, 5) is 4.18. The van der Waals surface area contributed by atoms with E-state index in [0.717, 1.165) is 0 Å². The van der Waals surface area contributed by atoms with Gasteiger partial charge in [0.15, 0.2) is 0 Å². The van der Waals surface area contributed by atoms with E-state index in [2.05, 4.69) is 4.89 Å². The van der Waals surface area contributed by atoms with Crippen molar-refractivity contribution in [3.63, 3.8) is 0 Å². The van der Waals surface area contributed by atoms with Gasteiger partial charge >= 0.3 is 5.97 Å². The molecule has 0 aromatic heterocycles. The lowest BCUT2D eigenvalue weighted by molar-refractivity contribution is -0.493. The first-order valence-corrected chi connectivity index (χ1v) is 3.77. The second kappa shape index (κ2) is 4.34. The molecule has 4 nitrogen and oxygen atoms in total. The molecule has 72 valence electrons. The molecular formula is C9H12O4. The van der Waals surface area contributed by atoms with Crippen LogP contribution in [-0.4, -0.2) is 19.5 Å². The van der Waals surface area contributed by atoms with Crippen molar-refractivity contribution in [3.8, 4) is 0 Å². The van der Waals surface area contributed by atoms with Gasteiger partial charge in [0.1, 0.15) is 0 Å². The van der Waals surface area contributed by atoms with Crippen LogP contribution in [0.1, 0.15) is 5.56 Å². The molecule has 0 bridgehead atoms. The number of ether oxygens (including phenoxy) is 2. The summed E-state index contributed by atoms with van der Waals surface area (Å²) in [6, 6.07) is 8.88. The average molecular weight is 184 g/mol. The lowest BCUT2D eigenvalue weighted by Crippen LogP contribution is -2.32. The quantitative estimate of drug-likeness (QED) is 0.438. The second-order valence-corrected chi connectivity index (χ2v) is 2.42. The monoisotopic (exact) mass is 184 g/mol. The van der Waals surface area contributed by atoms with Gasteiger partial charge in [0.25, 0.3) is 0 Å². The van der Waals surface area contributed by atoms with Gasteiger partial charge in [-0.3, -0.25) is 0 Å². The third-order valence-electron chi connectivity index (χ3n) is 1.78. The molecular weight excluding hydrogens is 172 g/mol. The van der Waals surface area contributed by atoms with Gasteiger partial charge in [-0.25, -0.2) is 5.26 Å². The summed E-state index contributed by atoms with van der Waals surface area (Å²) in [6.45, 7) is 0. The smallest absolute Gasteiger partial charge is 0.325 e. The normalized spacial score (nSPS) is 11.6. The van der Waals surface area contributed by atoms with Gasteiger partial charge in [-0.15, -0.1) is 0 Å². The summed E-state index contributed by atoms with van der Waals surface area (Å²) in [5.74, 6) is -1.53. The Hall–Kier alpha value is -0.940. The standard InChI is InChI=1S/C9H12O4/c1-11-9(12-2,13-10)8-6-4-3-5-7-8/h3-7,10H,1-2H3. The summed E-state index contributed by atoms with van der Waals surface area (Å²) in [5, 5.41) is 8.68. The predicted molar refractivity (Wildman–Crippen MR) is 45.9 cm³/mol. The van der Waals surface area contributed by atoms with Crippen LogP contribution in [0.25, 0.3) is 0 Å². The SMILES string of the molecule is COC(OC)(OO)c1ccccc1. The van der Waals surface area contributed by atoms with E-state index in [1.807, 2.05) is 6.07 Å². The fourth-order valence-electron chi connectivity index (χ4n) is 1.09. The Morgan fingerprint density at radius 1 is 1.08 bits per heavy atom. The molecule has 0 aliphatic heterocycles. The van der Waals surface area contributed by atoms with Crippen LogP contribution < -0.4 is 0 Å². The van der Waals surface area contributed by atoms with Gasteiger partial charge in [-0.1, -0.05) is 30.3 Å². The molecule has 1 rings (SSSR count). The topological polar surface area (TPSA) is 47.9 Å². The van der Waals surface area contributed by atoms with Crippen molar-refractivity contribution in [2.75, 3.05) is 14.2 Å². The summed E-state index contributed by atoms with van der Waals surface area (Å²) < 4.78 is 9.86. The van der Waals surface area contributed by atoms with E-state index in [-0.39, 0.29) is 0 Å². The minimum atomic E-state index is -1.53. The van der Waals surface area contributed by atoms with E-state index in [1.165, 1.54) is 14.2 Å². The van der Waals surface area contributed by atoms with Crippen molar-refractivity contribution >= 4 is 0 Å². The van der Waals surface area contributed by atoms with Crippen molar-refractivity contribution in [3.05, 3.63) is 35.9 Å². The van der Waals surface area contributed by atoms with Gasteiger partial charge < -0.3 is 9.47 Å². The maximum absolute atomic E-state index is 8.68. The molecule has 4 heteroatoms. The maximum atomic E-state index is 8.68. The van der Waals surface area contributed by atoms with Gasteiger partial charge in [-0.2, -0.15) is 4.89 Å². The fraction of sp³-hybridized carbons (Fsp3) is 0.333. The van der Waals surface area contributed by atoms with Crippen LogP contribution in [0, 0.1) is 0 Å². The van der Waals surface area contributed by atoms with Crippen LogP contribution >= 0.6 is 0 Å². The number of hydrogen-bond donors (Lipinski definition) is 1. The Balaban J connectivity index is 3.01. The molecule has 0 unspecified atom stereocenters. The van der Waals surface area contributed by atoms with E-state index in [4.69, 9.17) is 14.7 Å². The van der Waals surface area contributed by atoms with Crippen molar-refractivity contribution < 1.29 is 19.6 Å². The maximum Gasteiger partial charge on any atom is 0.339 e. The largest absolute Gasteiger partial charge is 0.339 e. The molecule has 0 saturated carbocycles. The summed E-state index contributed by atoms with van der Waals surface area (Å²) in [6.07, 6.45) is 0. The molecule has 1 aromatic rings. The Labute approximate surface area is 76.6 Å². The minimum absolute atomic E-state index is 0.586. The highest BCUT2D eigenvalue weighted by molar-refractivity contribution is 5.18. The zero-order chi connectivity index (χ0) is 9.73. The lowest BCUT2D eigenvalue weighted by atomic mass is 10.2. The molecule has 0 spiro atoms. The molecule has 1 N–H and O–H groups in total. The first-order chi connectivity index (χ1) is 6.29. The van der Waals surface area contributed by atoms with Crippen LogP contribution in [0.2, 0.25) is 0 Å². The van der Waals surface area contributed by atoms with Gasteiger partial charge in [0.05, 0.1) is 0 Å². The first kappa shape index (κ1) is 10.1. The Morgan fingerprint density at radius 2 is 1.62 bits per heavy atom. The molecule has 0 aliphatic rings. The molecule has 0 saturated heterocycles. The number of benzene rings is 1. The number of hydrogen-bond acceptors (Lipinski definition) is 4. The molecule has 1 aromatic carbocycles. The molecule has 0 atom stereocenters. The van der Waals surface area contributed by atoms with E-state index in [0.29, 0.717) is 5.56 Å². The van der Waals surface area contributed by atoms with E-state index < -0.39 is 5.97 Å². The van der Waals surface area contributed by atoms with Crippen LogP contribution in [0.15, 0.2) is 30.3 Å². The van der Waals surface area contributed by atoms with Crippen LogP contribution in [0.4, 0.5) is 0 Å². The highest BCUT2D eigenvalue weighted by atomic mass is 17.2. The second-order valence-electron chi connectivity index (χ2n) is 2.42. The van der Waals surface area contributed by atoms with Crippen LogP contribution in [0.3, 0.4) is 0 Å². The molecule has 0 fully saturated rings. The van der Waals surface area contributed by atoms with Crippen molar-refractivity contribution in [1.82, 2.24) is 0 Å². The van der Waals surface area contributed by atoms with Crippen molar-refractivity contribution in [2.24, 2.45) is 0 Å². The zero-order valence-corrected chi connectivity index (χ0v) is 7.56. The first-order valence-electron chi connectivity index (χ1n) is 3.77. The van der Waals surface area contributed by atoms with Crippen LogP contribution in [-0.2, 0) is 20.3 Å². The summed E-state index contributed by atoms with van der Waals surface area (Å²) in [5.41, 5.74) is 0.586. The van der Waals surface area contributed by atoms with Crippen molar-refractivity contribution in [1.29, 1.82) is 0 Å². The lowest BCUT2D eigenvalue weighted by Gasteiger charge is -2.26. The van der Waals surface area contributed by atoms with Crippen LogP contribution in [0.5, 0.6) is 0 Å². The highest BCUT2D eigenvalue weighted by Crippen LogP contribution is 2.25. The summed E-state index contributed by atoms with van der Waals surface area (Å²) >= 11 is 0. The van der Waals surface area contributed by atoms with E-state index >= 15 is 0 Å².